The lowest BCUT2D eigenvalue weighted by atomic mass is 9.74. The second-order valence-electron chi connectivity index (χ2n) is 7.23. The molecule has 1 fully saturated rings. The van der Waals surface area contributed by atoms with E-state index in [2.05, 4.69) is 61.3 Å². The van der Waals surface area contributed by atoms with Gasteiger partial charge in [-0.15, -0.1) is 0 Å². The molecule has 3 nitrogen and oxygen atoms in total. The number of likely N-dealkylation sites (tertiary alicyclic amines) is 1. The quantitative estimate of drug-likeness (QED) is 0.773. The Morgan fingerprint density at radius 3 is 2.27 bits per heavy atom. The summed E-state index contributed by atoms with van der Waals surface area (Å²) in [6.45, 7) is 7.92. The molecule has 1 saturated heterocycles. The Kier molecular flexibility index (Phi) is 5.29. The molecule has 26 heavy (non-hydrogen) atoms. The molecule has 0 bridgehead atoms. The Balaban J connectivity index is 1.69. The molecule has 134 valence electrons. The molecule has 0 saturated carbocycles. The summed E-state index contributed by atoms with van der Waals surface area (Å²) in [5.41, 5.74) is 5.53. The normalized spacial score (nSPS) is 16.0. The highest BCUT2D eigenvalue weighted by molar-refractivity contribution is 7.80. The van der Waals surface area contributed by atoms with Gasteiger partial charge in [0, 0.05) is 18.8 Å². The number of aryl methyl sites for hydroxylation is 3. The molecule has 1 N–H and O–H groups in total. The highest BCUT2D eigenvalue weighted by Crippen LogP contribution is 2.35. The summed E-state index contributed by atoms with van der Waals surface area (Å²) in [6, 6.07) is 17.1. The zero-order valence-electron chi connectivity index (χ0n) is 15.7. The summed E-state index contributed by atoms with van der Waals surface area (Å²) in [5.74, 6) is 0. The molecule has 1 heterocycles. The van der Waals surface area contributed by atoms with Crippen LogP contribution in [0.4, 0.5) is 5.69 Å². The van der Waals surface area contributed by atoms with Gasteiger partial charge in [0.25, 0.3) is 0 Å². The summed E-state index contributed by atoms with van der Waals surface area (Å²) >= 11 is 5.65. The van der Waals surface area contributed by atoms with Crippen LogP contribution in [-0.2, 0) is 5.41 Å². The number of nitrogens with zero attached hydrogens (tertiary/aromatic N) is 2. The van der Waals surface area contributed by atoms with Gasteiger partial charge in [-0.3, -0.25) is 0 Å². The maximum atomic E-state index is 9.83. The third-order valence-corrected chi connectivity index (χ3v) is 5.89. The number of benzene rings is 2. The van der Waals surface area contributed by atoms with E-state index in [4.69, 9.17) is 12.2 Å². The second-order valence-corrected chi connectivity index (χ2v) is 7.62. The van der Waals surface area contributed by atoms with E-state index in [-0.39, 0.29) is 0 Å². The van der Waals surface area contributed by atoms with Crippen LogP contribution >= 0.6 is 12.2 Å². The van der Waals surface area contributed by atoms with E-state index in [0.717, 1.165) is 42.3 Å². The Labute approximate surface area is 161 Å². The molecule has 1 aliphatic rings. The number of anilines is 1. The molecule has 0 aliphatic carbocycles. The Morgan fingerprint density at radius 2 is 1.65 bits per heavy atom. The minimum Gasteiger partial charge on any atom is -0.349 e. The summed E-state index contributed by atoms with van der Waals surface area (Å²) in [5, 5.41) is 14.0. The predicted molar refractivity (Wildman–Crippen MR) is 111 cm³/mol. The largest absolute Gasteiger partial charge is 0.349 e. The molecule has 0 atom stereocenters. The molecule has 2 aromatic carbocycles. The molecule has 3 rings (SSSR count). The fourth-order valence-electron chi connectivity index (χ4n) is 3.60. The van der Waals surface area contributed by atoms with Crippen molar-refractivity contribution in [3.8, 4) is 6.07 Å². The molecule has 0 unspecified atom stereocenters. The number of hydrogen-bond acceptors (Lipinski definition) is 2. The lowest BCUT2D eigenvalue weighted by Crippen LogP contribution is -2.46. The van der Waals surface area contributed by atoms with Crippen molar-refractivity contribution in [1.82, 2.24) is 4.90 Å². The van der Waals surface area contributed by atoms with E-state index in [1.807, 2.05) is 18.2 Å². The molecule has 0 amide bonds. The van der Waals surface area contributed by atoms with Crippen LogP contribution in [-0.4, -0.2) is 23.1 Å². The van der Waals surface area contributed by atoms with Gasteiger partial charge in [0.2, 0.25) is 0 Å². The number of hydrogen-bond donors (Lipinski definition) is 1. The summed E-state index contributed by atoms with van der Waals surface area (Å²) in [7, 11) is 0. The van der Waals surface area contributed by atoms with Crippen molar-refractivity contribution in [3.63, 3.8) is 0 Å². The van der Waals surface area contributed by atoms with E-state index in [1.54, 1.807) is 0 Å². The van der Waals surface area contributed by atoms with Crippen molar-refractivity contribution < 1.29 is 0 Å². The Morgan fingerprint density at radius 1 is 1.04 bits per heavy atom. The first-order valence-corrected chi connectivity index (χ1v) is 9.46. The first-order chi connectivity index (χ1) is 12.4. The standard InChI is InChI=1S/C22H25N3S/c1-16-13-18(3)20(14-17(16)2)24-21(26)25-11-9-22(15-23,10-12-25)19-7-5-4-6-8-19/h4-8,13-14H,9-12H2,1-3H3,(H,24,26). The highest BCUT2D eigenvalue weighted by atomic mass is 32.1. The van der Waals surface area contributed by atoms with E-state index in [0.29, 0.717) is 0 Å². The van der Waals surface area contributed by atoms with Crippen molar-refractivity contribution in [3.05, 3.63) is 64.7 Å². The molecular weight excluding hydrogens is 338 g/mol. The van der Waals surface area contributed by atoms with E-state index >= 15 is 0 Å². The van der Waals surface area contributed by atoms with Gasteiger partial charge in [0.1, 0.15) is 0 Å². The number of piperidine rings is 1. The molecule has 1 aliphatic heterocycles. The highest BCUT2D eigenvalue weighted by Gasteiger charge is 2.37. The summed E-state index contributed by atoms with van der Waals surface area (Å²) in [4.78, 5) is 2.18. The molecular formula is C22H25N3S. The lowest BCUT2D eigenvalue weighted by molar-refractivity contribution is 0.272. The van der Waals surface area contributed by atoms with Gasteiger partial charge in [-0.25, -0.2) is 0 Å². The van der Waals surface area contributed by atoms with Gasteiger partial charge in [-0.2, -0.15) is 5.26 Å². The smallest absolute Gasteiger partial charge is 0.173 e. The van der Waals surface area contributed by atoms with Crippen LogP contribution < -0.4 is 5.32 Å². The monoisotopic (exact) mass is 363 g/mol. The summed E-state index contributed by atoms with van der Waals surface area (Å²) in [6.07, 6.45) is 1.59. The van der Waals surface area contributed by atoms with Crippen molar-refractivity contribution in [1.29, 1.82) is 5.26 Å². The molecule has 4 heteroatoms. The van der Waals surface area contributed by atoms with Gasteiger partial charge in [-0.05, 0) is 74.2 Å². The van der Waals surface area contributed by atoms with Crippen molar-refractivity contribution in [2.75, 3.05) is 18.4 Å². The number of thiocarbonyl (C=S) groups is 1. The third-order valence-electron chi connectivity index (χ3n) is 5.53. The predicted octanol–water partition coefficient (Wildman–Crippen LogP) is 4.87. The van der Waals surface area contributed by atoms with Crippen LogP contribution in [0.3, 0.4) is 0 Å². The average molecular weight is 364 g/mol. The van der Waals surface area contributed by atoms with E-state index in [9.17, 15) is 5.26 Å². The average Bonchev–Trinajstić information content (AvgIpc) is 2.67. The SMILES string of the molecule is Cc1cc(C)c(NC(=S)N2CCC(C#N)(c3ccccc3)CC2)cc1C. The van der Waals surface area contributed by atoms with Crippen molar-refractivity contribution >= 4 is 23.0 Å². The first-order valence-electron chi connectivity index (χ1n) is 9.06. The number of rotatable bonds is 2. The topological polar surface area (TPSA) is 39.1 Å². The Hall–Kier alpha value is -2.38. The van der Waals surface area contributed by atoms with Crippen LogP contribution in [0, 0.1) is 32.1 Å². The van der Waals surface area contributed by atoms with Gasteiger partial charge >= 0.3 is 0 Å². The first kappa shape index (κ1) is 18.4. The zero-order chi connectivity index (χ0) is 18.7. The zero-order valence-corrected chi connectivity index (χ0v) is 16.5. The van der Waals surface area contributed by atoms with Crippen LogP contribution in [0.5, 0.6) is 0 Å². The second kappa shape index (κ2) is 7.47. The van der Waals surface area contributed by atoms with Crippen LogP contribution in [0.25, 0.3) is 0 Å². The Bertz CT molecular complexity index is 844. The van der Waals surface area contributed by atoms with Gasteiger partial charge < -0.3 is 10.2 Å². The number of nitrogens with one attached hydrogen (secondary N) is 1. The minimum absolute atomic E-state index is 0.399. The van der Waals surface area contributed by atoms with Gasteiger partial charge in [-0.1, -0.05) is 36.4 Å². The minimum atomic E-state index is -0.399. The molecule has 2 aromatic rings. The maximum absolute atomic E-state index is 9.83. The molecule has 0 radical (unpaired) electrons. The number of nitriles is 1. The third kappa shape index (κ3) is 3.59. The van der Waals surface area contributed by atoms with Crippen LogP contribution in [0.2, 0.25) is 0 Å². The van der Waals surface area contributed by atoms with Gasteiger partial charge in [0.15, 0.2) is 5.11 Å². The lowest BCUT2D eigenvalue weighted by Gasteiger charge is -2.39. The van der Waals surface area contributed by atoms with Crippen molar-refractivity contribution in [2.45, 2.75) is 39.0 Å². The van der Waals surface area contributed by atoms with Crippen LogP contribution in [0.15, 0.2) is 42.5 Å². The maximum Gasteiger partial charge on any atom is 0.173 e. The molecule has 0 spiro atoms. The van der Waals surface area contributed by atoms with E-state index < -0.39 is 5.41 Å². The van der Waals surface area contributed by atoms with E-state index in [1.165, 1.54) is 16.7 Å². The summed E-state index contributed by atoms with van der Waals surface area (Å²) < 4.78 is 0. The van der Waals surface area contributed by atoms with Crippen LogP contribution in [0.1, 0.15) is 35.1 Å². The van der Waals surface area contributed by atoms with Crippen molar-refractivity contribution in [2.24, 2.45) is 0 Å². The fourth-order valence-corrected chi connectivity index (χ4v) is 3.90. The molecule has 0 aromatic heterocycles. The van der Waals surface area contributed by atoms with Gasteiger partial charge in [0.05, 0.1) is 11.5 Å². The fraction of sp³-hybridized carbons (Fsp3) is 0.364.